The molecule has 0 fully saturated rings. The van der Waals surface area contributed by atoms with Crippen molar-refractivity contribution >= 4 is 7.37 Å². The fourth-order valence-corrected chi connectivity index (χ4v) is 1.37. The second-order valence-corrected chi connectivity index (χ2v) is 4.28. The van der Waals surface area contributed by atoms with Crippen LogP contribution in [0.2, 0.25) is 0 Å². The van der Waals surface area contributed by atoms with Crippen LogP contribution >= 0.6 is 7.37 Å². The lowest BCUT2D eigenvalue weighted by Gasteiger charge is -2.11. The number of aliphatic hydroxyl groups excluding tert-OH is 1. The van der Waals surface area contributed by atoms with E-state index in [1.807, 2.05) is 0 Å². The topological polar surface area (TPSA) is 57.5 Å². The van der Waals surface area contributed by atoms with E-state index in [-0.39, 0.29) is 6.16 Å². The molecule has 10 heavy (non-hydrogen) atoms. The van der Waals surface area contributed by atoms with E-state index < -0.39 is 13.2 Å². The standard InChI is InChI=1S/C6H11O3P/c1-3-5-10(8,9)6(7)4-2/h3-4,6-7H,1-2,5H2,(H,8,9). The summed E-state index contributed by atoms with van der Waals surface area (Å²) >= 11 is 0. The van der Waals surface area contributed by atoms with Crippen LogP contribution in [0.15, 0.2) is 25.3 Å². The zero-order valence-electron chi connectivity index (χ0n) is 5.60. The van der Waals surface area contributed by atoms with Crippen LogP contribution in [0, 0.1) is 0 Å². The summed E-state index contributed by atoms with van der Waals surface area (Å²) in [5.74, 6) is -1.33. The number of hydrogen-bond donors (Lipinski definition) is 2. The molecule has 0 amide bonds. The quantitative estimate of drug-likeness (QED) is 0.478. The highest BCUT2D eigenvalue weighted by Gasteiger charge is 2.23. The second-order valence-electron chi connectivity index (χ2n) is 1.88. The number of allylic oxidation sites excluding steroid dienone is 1. The minimum atomic E-state index is -3.46. The molecule has 0 aromatic heterocycles. The Hall–Kier alpha value is -0.370. The van der Waals surface area contributed by atoms with Crippen LogP contribution in [0.5, 0.6) is 0 Å². The van der Waals surface area contributed by atoms with E-state index in [0.717, 1.165) is 6.08 Å². The van der Waals surface area contributed by atoms with Gasteiger partial charge in [0.25, 0.3) is 0 Å². The van der Waals surface area contributed by atoms with Crippen molar-refractivity contribution in [3.8, 4) is 0 Å². The smallest absolute Gasteiger partial charge is 0.235 e. The summed E-state index contributed by atoms with van der Waals surface area (Å²) in [5, 5.41) is 8.84. The first-order valence-corrected chi connectivity index (χ1v) is 4.69. The molecule has 0 bridgehead atoms. The molecule has 0 saturated heterocycles. The largest absolute Gasteiger partial charge is 0.379 e. The van der Waals surface area contributed by atoms with Crippen LogP contribution in [0.3, 0.4) is 0 Å². The van der Waals surface area contributed by atoms with Crippen LogP contribution in [-0.4, -0.2) is 22.0 Å². The highest BCUT2D eigenvalue weighted by atomic mass is 31.2. The van der Waals surface area contributed by atoms with Gasteiger partial charge >= 0.3 is 0 Å². The van der Waals surface area contributed by atoms with Gasteiger partial charge in [-0.2, -0.15) is 0 Å². The molecule has 0 aliphatic heterocycles. The molecular weight excluding hydrogens is 151 g/mol. The van der Waals surface area contributed by atoms with E-state index in [2.05, 4.69) is 13.2 Å². The van der Waals surface area contributed by atoms with Crippen molar-refractivity contribution in [2.45, 2.75) is 5.85 Å². The molecule has 0 radical (unpaired) electrons. The van der Waals surface area contributed by atoms with Crippen LogP contribution in [0.1, 0.15) is 0 Å². The molecular formula is C6H11O3P. The van der Waals surface area contributed by atoms with Crippen molar-refractivity contribution in [2.24, 2.45) is 0 Å². The Balaban J connectivity index is 4.23. The lowest BCUT2D eigenvalue weighted by Crippen LogP contribution is -2.04. The zero-order valence-corrected chi connectivity index (χ0v) is 6.50. The van der Waals surface area contributed by atoms with Crippen LogP contribution < -0.4 is 0 Å². The molecule has 0 spiro atoms. The fraction of sp³-hybridized carbons (Fsp3) is 0.333. The zero-order chi connectivity index (χ0) is 8.20. The molecule has 4 heteroatoms. The average molecular weight is 162 g/mol. The fourth-order valence-electron chi connectivity index (χ4n) is 0.458. The van der Waals surface area contributed by atoms with E-state index in [4.69, 9.17) is 10.00 Å². The molecule has 0 aliphatic rings. The average Bonchev–Trinajstić information content (AvgIpc) is 1.86. The van der Waals surface area contributed by atoms with E-state index in [1.165, 1.54) is 6.08 Å². The van der Waals surface area contributed by atoms with Gasteiger partial charge in [0.2, 0.25) is 7.37 Å². The summed E-state index contributed by atoms with van der Waals surface area (Å²) < 4.78 is 10.9. The molecule has 2 N–H and O–H groups in total. The summed E-state index contributed by atoms with van der Waals surface area (Å²) in [6.07, 6.45) is 2.26. The molecule has 0 rings (SSSR count). The Morgan fingerprint density at radius 3 is 2.40 bits per heavy atom. The maximum atomic E-state index is 10.9. The monoisotopic (exact) mass is 162 g/mol. The maximum absolute atomic E-state index is 10.9. The van der Waals surface area contributed by atoms with Crippen LogP contribution in [-0.2, 0) is 4.57 Å². The van der Waals surface area contributed by atoms with Gasteiger partial charge in [-0.25, -0.2) is 0 Å². The molecule has 0 aromatic carbocycles. The Morgan fingerprint density at radius 1 is 1.60 bits per heavy atom. The van der Waals surface area contributed by atoms with Gasteiger partial charge in [0.15, 0.2) is 0 Å². The van der Waals surface area contributed by atoms with E-state index in [0.29, 0.717) is 0 Å². The van der Waals surface area contributed by atoms with Gasteiger partial charge in [-0.1, -0.05) is 18.7 Å². The predicted molar refractivity (Wildman–Crippen MR) is 41.1 cm³/mol. The summed E-state index contributed by atoms with van der Waals surface area (Å²) in [4.78, 5) is 8.95. The van der Waals surface area contributed by atoms with Crippen molar-refractivity contribution in [1.29, 1.82) is 0 Å². The minimum absolute atomic E-state index is 0.0831. The molecule has 58 valence electrons. The number of rotatable bonds is 4. The molecule has 0 heterocycles. The van der Waals surface area contributed by atoms with Gasteiger partial charge in [-0.3, -0.25) is 4.57 Å². The first-order valence-electron chi connectivity index (χ1n) is 2.77. The highest BCUT2D eigenvalue weighted by Crippen LogP contribution is 2.45. The van der Waals surface area contributed by atoms with Crippen molar-refractivity contribution in [1.82, 2.24) is 0 Å². The van der Waals surface area contributed by atoms with Gasteiger partial charge in [-0.15, -0.1) is 6.58 Å². The van der Waals surface area contributed by atoms with Gasteiger partial charge in [0, 0.05) is 6.16 Å². The van der Waals surface area contributed by atoms with Gasteiger partial charge in [-0.05, 0) is 0 Å². The Bertz CT molecular complexity index is 176. The van der Waals surface area contributed by atoms with Crippen LogP contribution in [0.4, 0.5) is 0 Å². The first-order chi connectivity index (χ1) is 4.54. The molecule has 0 saturated carbocycles. The van der Waals surface area contributed by atoms with Gasteiger partial charge < -0.3 is 10.00 Å². The van der Waals surface area contributed by atoms with Crippen molar-refractivity contribution in [2.75, 3.05) is 6.16 Å². The lowest BCUT2D eigenvalue weighted by atomic mass is 10.7. The summed E-state index contributed by atoms with van der Waals surface area (Å²) in [6, 6.07) is 0. The summed E-state index contributed by atoms with van der Waals surface area (Å²) in [6.45, 7) is 6.48. The summed E-state index contributed by atoms with van der Waals surface area (Å²) in [7, 11) is -3.46. The summed E-state index contributed by atoms with van der Waals surface area (Å²) in [5.41, 5.74) is 0. The van der Waals surface area contributed by atoms with E-state index in [9.17, 15) is 4.57 Å². The lowest BCUT2D eigenvalue weighted by molar-refractivity contribution is 0.273. The first kappa shape index (κ1) is 9.63. The molecule has 2 unspecified atom stereocenters. The minimum Gasteiger partial charge on any atom is -0.379 e. The van der Waals surface area contributed by atoms with Crippen molar-refractivity contribution in [3.05, 3.63) is 25.3 Å². The highest BCUT2D eigenvalue weighted by molar-refractivity contribution is 7.58. The molecule has 0 aromatic rings. The Kier molecular flexibility index (Phi) is 3.58. The normalized spacial score (nSPS) is 19.0. The SMILES string of the molecule is C=CCP(=O)(O)C(O)C=C. The van der Waals surface area contributed by atoms with Gasteiger partial charge in [0.05, 0.1) is 0 Å². The Labute approximate surface area is 60.1 Å². The third-order valence-electron chi connectivity index (χ3n) is 1.01. The van der Waals surface area contributed by atoms with Gasteiger partial charge in [0.1, 0.15) is 5.85 Å². The predicted octanol–water partition coefficient (Wildman–Crippen LogP) is 0.947. The Morgan fingerprint density at radius 2 is 2.10 bits per heavy atom. The molecule has 2 atom stereocenters. The third-order valence-corrected chi connectivity index (χ3v) is 2.83. The van der Waals surface area contributed by atoms with E-state index in [1.54, 1.807) is 0 Å². The number of hydrogen-bond acceptors (Lipinski definition) is 2. The van der Waals surface area contributed by atoms with Crippen molar-refractivity contribution in [3.63, 3.8) is 0 Å². The molecule has 0 aliphatic carbocycles. The van der Waals surface area contributed by atoms with Crippen molar-refractivity contribution < 1.29 is 14.6 Å². The third kappa shape index (κ3) is 2.48. The van der Waals surface area contributed by atoms with E-state index >= 15 is 0 Å². The maximum Gasteiger partial charge on any atom is 0.235 e. The number of aliphatic hydroxyl groups is 1. The second kappa shape index (κ2) is 3.71. The van der Waals surface area contributed by atoms with Crippen LogP contribution in [0.25, 0.3) is 0 Å². The molecule has 3 nitrogen and oxygen atoms in total.